The maximum atomic E-state index is 13.6. The molecule has 0 radical (unpaired) electrons. The van der Waals surface area contributed by atoms with Gasteiger partial charge in [0.05, 0.1) is 37.3 Å². The highest BCUT2D eigenvalue weighted by atomic mass is 32.1. The minimum absolute atomic E-state index is 0.192. The molecule has 4 rings (SSSR count). The Morgan fingerprint density at radius 1 is 1.27 bits per heavy atom. The van der Waals surface area contributed by atoms with Crippen molar-refractivity contribution in [2.24, 2.45) is 11.8 Å². The van der Waals surface area contributed by atoms with Crippen molar-refractivity contribution in [1.82, 2.24) is 5.32 Å². The molecule has 158 valence electrons. The topological polar surface area (TPSA) is 84.9 Å². The first-order chi connectivity index (χ1) is 14.3. The fraction of sp³-hybridized carbons (Fsp3) is 0.409. The number of imide groups is 1. The number of esters is 1. The first-order valence-electron chi connectivity index (χ1n) is 9.84. The molecule has 0 aliphatic carbocycles. The fourth-order valence-electron chi connectivity index (χ4n) is 4.54. The second kappa shape index (κ2) is 7.52. The number of rotatable bonds is 5. The predicted octanol–water partition coefficient (Wildman–Crippen LogP) is 2.84. The van der Waals surface area contributed by atoms with Crippen LogP contribution in [0.2, 0.25) is 0 Å². The Morgan fingerprint density at radius 2 is 2.03 bits per heavy atom. The van der Waals surface area contributed by atoms with Crippen LogP contribution in [0.1, 0.15) is 30.3 Å². The largest absolute Gasteiger partial charge is 0.497 e. The van der Waals surface area contributed by atoms with Gasteiger partial charge in [-0.3, -0.25) is 19.7 Å². The van der Waals surface area contributed by atoms with Crippen LogP contribution in [0.4, 0.5) is 5.69 Å². The van der Waals surface area contributed by atoms with Crippen LogP contribution in [-0.2, 0) is 19.1 Å². The molecule has 2 fully saturated rings. The first kappa shape index (κ1) is 20.6. The number of thiophene rings is 1. The number of hydrogen-bond acceptors (Lipinski definition) is 7. The van der Waals surface area contributed by atoms with Crippen LogP contribution in [0.15, 0.2) is 35.7 Å². The smallest absolute Gasteiger partial charge is 0.326 e. The maximum absolute atomic E-state index is 13.6. The van der Waals surface area contributed by atoms with Crippen LogP contribution >= 0.6 is 11.3 Å². The van der Waals surface area contributed by atoms with Gasteiger partial charge in [-0.1, -0.05) is 6.07 Å². The van der Waals surface area contributed by atoms with Gasteiger partial charge in [0.25, 0.3) is 0 Å². The number of methoxy groups -OCH3 is 1. The number of nitrogens with zero attached hydrogens (tertiary/aromatic N) is 1. The molecular formula is C22H24N2O5S. The van der Waals surface area contributed by atoms with Crippen molar-refractivity contribution < 1.29 is 23.9 Å². The minimum atomic E-state index is -1.30. The summed E-state index contributed by atoms with van der Waals surface area (Å²) in [6.07, 6.45) is 0. The maximum Gasteiger partial charge on any atom is 0.326 e. The molecule has 2 saturated heterocycles. The summed E-state index contributed by atoms with van der Waals surface area (Å²) in [5, 5.41) is 5.24. The van der Waals surface area contributed by atoms with Crippen LogP contribution < -0.4 is 15.0 Å². The molecule has 2 aliphatic heterocycles. The van der Waals surface area contributed by atoms with Crippen molar-refractivity contribution in [3.63, 3.8) is 0 Å². The van der Waals surface area contributed by atoms with E-state index in [2.05, 4.69) is 5.32 Å². The van der Waals surface area contributed by atoms with Crippen LogP contribution in [-0.4, -0.2) is 37.0 Å². The number of carbonyl (C=O) groups is 3. The Kier molecular flexibility index (Phi) is 5.15. The van der Waals surface area contributed by atoms with E-state index in [0.29, 0.717) is 11.4 Å². The Labute approximate surface area is 179 Å². The van der Waals surface area contributed by atoms with Crippen molar-refractivity contribution >= 4 is 34.8 Å². The monoisotopic (exact) mass is 428 g/mol. The zero-order valence-corrected chi connectivity index (χ0v) is 18.1. The van der Waals surface area contributed by atoms with Gasteiger partial charge in [0.15, 0.2) is 0 Å². The average Bonchev–Trinajstić information content (AvgIpc) is 3.36. The van der Waals surface area contributed by atoms with Gasteiger partial charge in [0.2, 0.25) is 11.8 Å². The normalized spacial score (nSPS) is 28.0. The summed E-state index contributed by atoms with van der Waals surface area (Å²) in [5.74, 6) is -2.26. The molecule has 0 spiro atoms. The summed E-state index contributed by atoms with van der Waals surface area (Å²) < 4.78 is 10.5. The molecule has 2 aliphatic rings. The molecule has 3 heterocycles. The number of nitrogens with one attached hydrogen (secondary N) is 1. The van der Waals surface area contributed by atoms with E-state index < -0.39 is 35.3 Å². The Hall–Kier alpha value is -2.71. The molecule has 1 aromatic carbocycles. The average molecular weight is 429 g/mol. The molecular weight excluding hydrogens is 404 g/mol. The highest BCUT2D eigenvalue weighted by Gasteiger charge is 2.67. The van der Waals surface area contributed by atoms with Gasteiger partial charge >= 0.3 is 5.97 Å². The molecule has 1 aromatic heterocycles. The second-order valence-corrected chi connectivity index (χ2v) is 8.68. The molecule has 7 nitrogen and oxygen atoms in total. The van der Waals surface area contributed by atoms with E-state index in [-0.39, 0.29) is 12.5 Å². The van der Waals surface area contributed by atoms with Gasteiger partial charge in [-0.05, 0) is 49.9 Å². The third-order valence-corrected chi connectivity index (χ3v) is 7.08. The van der Waals surface area contributed by atoms with E-state index in [1.54, 1.807) is 38.1 Å². The zero-order valence-electron chi connectivity index (χ0n) is 17.3. The molecule has 4 atom stereocenters. The van der Waals surface area contributed by atoms with E-state index in [9.17, 15) is 14.4 Å². The highest BCUT2D eigenvalue weighted by molar-refractivity contribution is 7.10. The summed E-state index contributed by atoms with van der Waals surface area (Å²) in [5.41, 5.74) is 0.151. The lowest BCUT2D eigenvalue weighted by Crippen LogP contribution is -2.54. The zero-order chi connectivity index (χ0) is 21.6. The molecule has 2 aromatic rings. The van der Waals surface area contributed by atoms with Gasteiger partial charge < -0.3 is 9.47 Å². The van der Waals surface area contributed by atoms with Crippen LogP contribution in [0.5, 0.6) is 5.75 Å². The number of carbonyl (C=O) groups excluding carboxylic acids is 3. The lowest BCUT2D eigenvalue weighted by molar-refractivity contribution is -0.153. The van der Waals surface area contributed by atoms with E-state index in [0.717, 1.165) is 10.4 Å². The van der Waals surface area contributed by atoms with Gasteiger partial charge in [-0.25, -0.2) is 4.90 Å². The lowest BCUT2D eigenvalue weighted by atomic mass is 9.81. The van der Waals surface area contributed by atoms with E-state index in [1.807, 2.05) is 18.4 Å². The minimum Gasteiger partial charge on any atom is -0.497 e. The number of fused-ring (bicyclic) bond motifs is 1. The van der Waals surface area contributed by atoms with Crippen molar-refractivity contribution in [2.75, 3.05) is 18.6 Å². The first-order valence-corrected chi connectivity index (χ1v) is 10.7. The number of amides is 2. The lowest BCUT2D eigenvalue weighted by Gasteiger charge is -2.29. The van der Waals surface area contributed by atoms with Gasteiger partial charge in [-0.15, -0.1) is 11.3 Å². The molecule has 1 N–H and O–H groups in total. The van der Waals surface area contributed by atoms with Crippen LogP contribution in [0.25, 0.3) is 0 Å². The molecule has 0 unspecified atom stereocenters. The number of aryl methyl sites for hydroxylation is 1. The van der Waals surface area contributed by atoms with Crippen molar-refractivity contribution in [3.8, 4) is 5.75 Å². The highest BCUT2D eigenvalue weighted by Crippen LogP contribution is 2.51. The quantitative estimate of drug-likeness (QED) is 0.582. The van der Waals surface area contributed by atoms with E-state index >= 15 is 0 Å². The summed E-state index contributed by atoms with van der Waals surface area (Å²) in [7, 11) is 1.53. The van der Waals surface area contributed by atoms with Crippen molar-refractivity contribution in [1.29, 1.82) is 0 Å². The van der Waals surface area contributed by atoms with Crippen LogP contribution in [0.3, 0.4) is 0 Å². The standard InChI is InChI=1S/C22H24N2O5S/c1-5-29-21(27)22(3)16-15(17(23-22)18-12(2)9-10-30-18)19(25)24(20(16)26)13-7-6-8-14(11-13)28-4/h6-11,15-17,23H,5H2,1-4H3/t15-,16-,17+,22+/m0/s1. The third-order valence-electron chi connectivity index (χ3n) is 5.98. The Bertz CT molecular complexity index is 1020. The fourth-order valence-corrected chi connectivity index (χ4v) is 5.56. The van der Waals surface area contributed by atoms with Gasteiger partial charge in [0.1, 0.15) is 11.3 Å². The van der Waals surface area contributed by atoms with Gasteiger partial charge in [-0.2, -0.15) is 0 Å². The molecule has 8 heteroatoms. The summed E-state index contributed by atoms with van der Waals surface area (Å²) in [6, 6.07) is 8.34. The Morgan fingerprint density at radius 3 is 2.67 bits per heavy atom. The molecule has 0 bridgehead atoms. The second-order valence-electron chi connectivity index (χ2n) is 7.73. The SMILES string of the molecule is CCOC(=O)[C@]1(C)N[C@@H](c2sccc2C)[C@H]2C(=O)N(c3cccc(OC)c3)C(=O)[C@H]21. The summed E-state index contributed by atoms with van der Waals surface area (Å²) in [6.45, 7) is 5.53. The van der Waals surface area contributed by atoms with Crippen molar-refractivity contribution in [2.45, 2.75) is 32.4 Å². The predicted molar refractivity (Wildman–Crippen MR) is 112 cm³/mol. The molecule has 0 saturated carbocycles. The Balaban J connectivity index is 1.82. The van der Waals surface area contributed by atoms with Gasteiger partial charge in [0, 0.05) is 10.9 Å². The molecule has 30 heavy (non-hydrogen) atoms. The third kappa shape index (κ3) is 2.94. The summed E-state index contributed by atoms with van der Waals surface area (Å²) in [4.78, 5) is 42.2. The van der Waals surface area contributed by atoms with Crippen LogP contribution in [0, 0.1) is 18.8 Å². The van der Waals surface area contributed by atoms with Crippen molar-refractivity contribution in [3.05, 3.63) is 46.2 Å². The van der Waals surface area contributed by atoms with E-state index in [1.165, 1.54) is 23.3 Å². The summed E-state index contributed by atoms with van der Waals surface area (Å²) >= 11 is 1.51. The number of ether oxygens (including phenoxy) is 2. The molecule has 2 amide bonds. The number of anilines is 1. The number of hydrogen-bond donors (Lipinski definition) is 1. The van der Waals surface area contributed by atoms with E-state index in [4.69, 9.17) is 9.47 Å². The number of benzene rings is 1.